The van der Waals surface area contributed by atoms with Gasteiger partial charge < -0.3 is 9.64 Å². The maximum Gasteiger partial charge on any atom is 0.136 e. The molecule has 0 amide bonds. The summed E-state index contributed by atoms with van der Waals surface area (Å²) < 4.78 is 5.15. The van der Waals surface area contributed by atoms with Crippen LogP contribution in [0.2, 0.25) is 0 Å². The minimum absolute atomic E-state index is 0.584. The van der Waals surface area contributed by atoms with Crippen molar-refractivity contribution in [1.29, 1.82) is 5.26 Å². The SMILES string of the molecule is CCN(C)Cc1ccc(C#N)c(OC)c1. The van der Waals surface area contributed by atoms with Crippen molar-refractivity contribution < 1.29 is 4.74 Å². The molecule has 0 saturated carbocycles. The van der Waals surface area contributed by atoms with E-state index in [2.05, 4.69) is 24.9 Å². The van der Waals surface area contributed by atoms with Crippen LogP contribution in [0.15, 0.2) is 18.2 Å². The third-order valence-corrected chi connectivity index (χ3v) is 2.38. The van der Waals surface area contributed by atoms with Gasteiger partial charge >= 0.3 is 0 Å². The highest BCUT2D eigenvalue weighted by molar-refractivity contribution is 5.45. The maximum atomic E-state index is 8.83. The molecule has 0 radical (unpaired) electrons. The Hall–Kier alpha value is -1.53. The van der Waals surface area contributed by atoms with Crippen LogP contribution in [0.4, 0.5) is 0 Å². The van der Waals surface area contributed by atoms with Gasteiger partial charge in [-0.25, -0.2) is 0 Å². The lowest BCUT2D eigenvalue weighted by atomic mass is 10.1. The number of ether oxygens (including phenoxy) is 1. The molecule has 0 bridgehead atoms. The van der Waals surface area contributed by atoms with E-state index in [9.17, 15) is 0 Å². The molecule has 80 valence electrons. The summed E-state index contributed by atoms with van der Waals surface area (Å²) in [6.45, 7) is 3.99. The second-order valence-electron chi connectivity index (χ2n) is 3.48. The summed E-state index contributed by atoms with van der Waals surface area (Å²) in [5.74, 6) is 0.652. The van der Waals surface area contributed by atoms with Gasteiger partial charge in [0.25, 0.3) is 0 Å². The quantitative estimate of drug-likeness (QED) is 0.752. The fourth-order valence-electron chi connectivity index (χ4n) is 1.35. The lowest BCUT2D eigenvalue weighted by Gasteiger charge is -2.14. The van der Waals surface area contributed by atoms with Crippen molar-refractivity contribution in [3.8, 4) is 11.8 Å². The maximum absolute atomic E-state index is 8.83. The Morgan fingerprint density at radius 3 is 2.73 bits per heavy atom. The Morgan fingerprint density at radius 1 is 1.47 bits per heavy atom. The Labute approximate surface area is 90.9 Å². The van der Waals surface area contributed by atoms with Crippen LogP contribution < -0.4 is 4.74 Å². The number of nitrogens with zero attached hydrogens (tertiary/aromatic N) is 2. The molecule has 0 unspecified atom stereocenters. The molecule has 0 aliphatic heterocycles. The molecule has 0 aliphatic carbocycles. The lowest BCUT2D eigenvalue weighted by Crippen LogP contribution is -2.16. The van der Waals surface area contributed by atoms with Crippen molar-refractivity contribution in [2.24, 2.45) is 0 Å². The Morgan fingerprint density at radius 2 is 2.20 bits per heavy atom. The predicted octanol–water partition coefficient (Wildman–Crippen LogP) is 2.02. The van der Waals surface area contributed by atoms with Crippen molar-refractivity contribution >= 4 is 0 Å². The van der Waals surface area contributed by atoms with E-state index in [0.29, 0.717) is 11.3 Å². The molecule has 1 aromatic rings. The molecule has 1 rings (SSSR count). The number of benzene rings is 1. The first-order valence-electron chi connectivity index (χ1n) is 4.96. The van der Waals surface area contributed by atoms with Crippen LogP contribution in [0.1, 0.15) is 18.1 Å². The van der Waals surface area contributed by atoms with Gasteiger partial charge in [0.05, 0.1) is 12.7 Å². The first kappa shape index (κ1) is 11.5. The highest BCUT2D eigenvalue weighted by atomic mass is 16.5. The van der Waals surface area contributed by atoms with Gasteiger partial charge in [-0.2, -0.15) is 5.26 Å². The Balaban J connectivity index is 2.89. The molecule has 15 heavy (non-hydrogen) atoms. The molecule has 0 saturated heterocycles. The summed E-state index contributed by atoms with van der Waals surface area (Å²) in [4.78, 5) is 2.20. The minimum atomic E-state index is 0.584. The minimum Gasteiger partial charge on any atom is -0.495 e. The summed E-state index contributed by atoms with van der Waals surface area (Å²) in [6.07, 6.45) is 0. The van der Waals surface area contributed by atoms with E-state index >= 15 is 0 Å². The number of nitriles is 1. The molecule has 3 nitrogen and oxygen atoms in total. The number of methoxy groups -OCH3 is 1. The van der Waals surface area contributed by atoms with Crippen molar-refractivity contribution in [3.63, 3.8) is 0 Å². The topological polar surface area (TPSA) is 36.3 Å². The van der Waals surface area contributed by atoms with Gasteiger partial charge in [-0.15, -0.1) is 0 Å². The third-order valence-electron chi connectivity index (χ3n) is 2.38. The van der Waals surface area contributed by atoms with Crippen molar-refractivity contribution in [1.82, 2.24) is 4.90 Å². The summed E-state index contributed by atoms with van der Waals surface area (Å²) in [5.41, 5.74) is 1.75. The summed E-state index contributed by atoms with van der Waals surface area (Å²) in [7, 11) is 3.65. The average molecular weight is 204 g/mol. The standard InChI is InChI=1S/C12H16N2O/c1-4-14(2)9-10-5-6-11(8-13)12(7-10)15-3/h5-7H,4,9H2,1-3H3. The summed E-state index contributed by atoms with van der Waals surface area (Å²) in [5, 5.41) is 8.83. The first-order valence-corrected chi connectivity index (χ1v) is 4.96. The van der Waals surface area contributed by atoms with Crippen molar-refractivity contribution in [3.05, 3.63) is 29.3 Å². The fourth-order valence-corrected chi connectivity index (χ4v) is 1.35. The van der Waals surface area contributed by atoms with Crippen LogP contribution in [0.3, 0.4) is 0 Å². The number of hydrogen-bond acceptors (Lipinski definition) is 3. The molecular formula is C12H16N2O. The highest BCUT2D eigenvalue weighted by Gasteiger charge is 2.04. The van der Waals surface area contributed by atoms with E-state index in [-0.39, 0.29) is 0 Å². The van der Waals surface area contributed by atoms with Crippen LogP contribution in [0.25, 0.3) is 0 Å². The van der Waals surface area contributed by atoms with Gasteiger partial charge in [0.1, 0.15) is 11.8 Å². The van der Waals surface area contributed by atoms with E-state index in [1.54, 1.807) is 13.2 Å². The molecule has 0 spiro atoms. The Kier molecular flexibility index (Phi) is 4.14. The molecule has 0 fully saturated rings. The molecule has 0 atom stereocenters. The Bertz CT molecular complexity index is 368. The van der Waals surface area contributed by atoms with E-state index in [1.807, 2.05) is 12.1 Å². The summed E-state index contributed by atoms with van der Waals surface area (Å²) in [6, 6.07) is 7.79. The lowest BCUT2D eigenvalue weighted by molar-refractivity contribution is 0.344. The van der Waals surface area contributed by atoms with E-state index in [0.717, 1.165) is 18.7 Å². The zero-order chi connectivity index (χ0) is 11.3. The van der Waals surface area contributed by atoms with Gasteiger partial charge in [0.15, 0.2) is 0 Å². The van der Waals surface area contributed by atoms with E-state index < -0.39 is 0 Å². The van der Waals surface area contributed by atoms with Gasteiger partial charge in [-0.3, -0.25) is 0 Å². The third kappa shape index (κ3) is 2.97. The average Bonchev–Trinajstić information content (AvgIpc) is 2.28. The fraction of sp³-hybridized carbons (Fsp3) is 0.417. The number of rotatable bonds is 4. The van der Waals surface area contributed by atoms with Crippen LogP contribution in [0, 0.1) is 11.3 Å². The summed E-state index contributed by atoms with van der Waals surface area (Å²) >= 11 is 0. The van der Waals surface area contributed by atoms with Crippen LogP contribution in [-0.2, 0) is 6.54 Å². The van der Waals surface area contributed by atoms with Crippen LogP contribution in [0.5, 0.6) is 5.75 Å². The molecular weight excluding hydrogens is 188 g/mol. The molecule has 0 aromatic heterocycles. The van der Waals surface area contributed by atoms with Crippen molar-refractivity contribution in [2.45, 2.75) is 13.5 Å². The van der Waals surface area contributed by atoms with Crippen LogP contribution >= 0.6 is 0 Å². The monoisotopic (exact) mass is 204 g/mol. The molecule has 0 aliphatic rings. The van der Waals surface area contributed by atoms with Crippen LogP contribution in [-0.4, -0.2) is 25.6 Å². The second kappa shape index (κ2) is 5.38. The smallest absolute Gasteiger partial charge is 0.136 e. The normalized spacial score (nSPS) is 10.1. The highest BCUT2D eigenvalue weighted by Crippen LogP contribution is 2.19. The van der Waals surface area contributed by atoms with Crippen molar-refractivity contribution in [2.75, 3.05) is 20.7 Å². The largest absolute Gasteiger partial charge is 0.495 e. The zero-order valence-electron chi connectivity index (χ0n) is 9.45. The van der Waals surface area contributed by atoms with Gasteiger partial charge in [-0.05, 0) is 31.3 Å². The van der Waals surface area contributed by atoms with Gasteiger partial charge in [0, 0.05) is 6.54 Å². The number of hydrogen-bond donors (Lipinski definition) is 0. The van der Waals surface area contributed by atoms with E-state index in [4.69, 9.17) is 10.00 Å². The molecule has 0 heterocycles. The molecule has 3 heteroatoms. The second-order valence-corrected chi connectivity index (χ2v) is 3.48. The molecule has 1 aromatic carbocycles. The van der Waals surface area contributed by atoms with E-state index in [1.165, 1.54) is 0 Å². The zero-order valence-corrected chi connectivity index (χ0v) is 9.45. The predicted molar refractivity (Wildman–Crippen MR) is 59.7 cm³/mol. The van der Waals surface area contributed by atoms with Gasteiger partial charge in [0.2, 0.25) is 0 Å². The molecule has 0 N–H and O–H groups in total. The van der Waals surface area contributed by atoms with Gasteiger partial charge in [-0.1, -0.05) is 13.0 Å². The first-order chi connectivity index (χ1) is 7.21.